The molecule has 1 heterocycles. The standard InChI is InChI=1S/C11H6Br2ClFS/c12-6-1-2-7(9(15)5-6)10(14)11-8(13)3-4-16-11/h1-5,10H. The summed E-state index contributed by atoms with van der Waals surface area (Å²) >= 11 is 14.4. The maximum atomic E-state index is 13.7. The van der Waals surface area contributed by atoms with E-state index in [1.165, 1.54) is 17.4 Å². The molecule has 2 rings (SSSR count). The third-order valence-corrected chi connectivity index (χ3v) is 5.12. The van der Waals surface area contributed by atoms with Crippen molar-refractivity contribution in [1.82, 2.24) is 0 Å². The molecule has 2 aromatic rings. The van der Waals surface area contributed by atoms with E-state index >= 15 is 0 Å². The van der Waals surface area contributed by atoms with Gasteiger partial charge in [0.25, 0.3) is 0 Å². The summed E-state index contributed by atoms with van der Waals surface area (Å²) in [6.45, 7) is 0. The molecule has 0 fully saturated rings. The highest BCUT2D eigenvalue weighted by atomic mass is 79.9. The Bertz CT molecular complexity index is 512. The smallest absolute Gasteiger partial charge is 0.129 e. The number of rotatable bonds is 2. The van der Waals surface area contributed by atoms with E-state index in [1.54, 1.807) is 12.1 Å². The van der Waals surface area contributed by atoms with Crippen molar-refractivity contribution in [2.45, 2.75) is 5.38 Å². The van der Waals surface area contributed by atoms with Crippen molar-refractivity contribution in [2.24, 2.45) is 0 Å². The van der Waals surface area contributed by atoms with Gasteiger partial charge in [-0.25, -0.2) is 4.39 Å². The summed E-state index contributed by atoms with van der Waals surface area (Å²) in [7, 11) is 0. The van der Waals surface area contributed by atoms with Crippen molar-refractivity contribution in [3.05, 3.63) is 54.8 Å². The van der Waals surface area contributed by atoms with E-state index in [-0.39, 0.29) is 5.82 Å². The molecule has 0 nitrogen and oxygen atoms in total. The average molecular weight is 384 g/mol. The first-order chi connectivity index (χ1) is 7.59. The van der Waals surface area contributed by atoms with Gasteiger partial charge in [-0.3, -0.25) is 0 Å². The van der Waals surface area contributed by atoms with Gasteiger partial charge in [-0.05, 0) is 39.5 Å². The minimum atomic E-state index is -0.456. The monoisotopic (exact) mass is 382 g/mol. The topological polar surface area (TPSA) is 0 Å². The van der Waals surface area contributed by atoms with Crippen LogP contribution in [0.1, 0.15) is 15.8 Å². The fourth-order valence-electron chi connectivity index (χ4n) is 1.33. The predicted molar refractivity (Wildman–Crippen MR) is 73.8 cm³/mol. The lowest BCUT2D eigenvalue weighted by Gasteiger charge is -2.10. The van der Waals surface area contributed by atoms with Crippen molar-refractivity contribution in [2.75, 3.05) is 0 Å². The third-order valence-electron chi connectivity index (χ3n) is 2.11. The second kappa shape index (κ2) is 5.17. The molecule has 0 aliphatic carbocycles. The van der Waals surface area contributed by atoms with E-state index in [2.05, 4.69) is 31.9 Å². The van der Waals surface area contributed by atoms with E-state index in [4.69, 9.17) is 11.6 Å². The van der Waals surface area contributed by atoms with Gasteiger partial charge in [0.1, 0.15) is 5.82 Å². The van der Waals surface area contributed by atoms with Crippen molar-refractivity contribution < 1.29 is 4.39 Å². The normalized spacial score (nSPS) is 12.8. The van der Waals surface area contributed by atoms with Gasteiger partial charge in [-0.1, -0.05) is 22.0 Å². The number of hydrogen-bond acceptors (Lipinski definition) is 1. The molecule has 84 valence electrons. The Morgan fingerprint density at radius 3 is 2.56 bits per heavy atom. The van der Waals surface area contributed by atoms with Crippen molar-refractivity contribution >= 4 is 54.8 Å². The van der Waals surface area contributed by atoms with E-state index in [1.807, 2.05) is 11.4 Å². The largest absolute Gasteiger partial charge is 0.207 e. The lowest BCUT2D eigenvalue weighted by Crippen LogP contribution is -1.95. The summed E-state index contributed by atoms with van der Waals surface area (Å²) in [6.07, 6.45) is 0. The fraction of sp³-hybridized carbons (Fsp3) is 0.0909. The van der Waals surface area contributed by atoms with E-state index in [0.717, 1.165) is 9.35 Å². The molecule has 0 saturated heterocycles. The van der Waals surface area contributed by atoms with Gasteiger partial charge in [0, 0.05) is 19.4 Å². The Labute approximate surface area is 119 Å². The number of thiophene rings is 1. The summed E-state index contributed by atoms with van der Waals surface area (Å²) < 4.78 is 15.3. The van der Waals surface area contributed by atoms with Crippen LogP contribution in [-0.2, 0) is 0 Å². The van der Waals surface area contributed by atoms with E-state index in [0.29, 0.717) is 10.0 Å². The van der Waals surface area contributed by atoms with Crippen molar-refractivity contribution in [3.63, 3.8) is 0 Å². The molecule has 16 heavy (non-hydrogen) atoms. The summed E-state index contributed by atoms with van der Waals surface area (Å²) in [5.41, 5.74) is 0.494. The molecule has 0 radical (unpaired) electrons. The number of hydrogen-bond donors (Lipinski definition) is 0. The van der Waals surface area contributed by atoms with Gasteiger partial charge in [-0.2, -0.15) is 0 Å². The maximum Gasteiger partial charge on any atom is 0.129 e. The molecule has 0 saturated carbocycles. The van der Waals surface area contributed by atoms with E-state index in [9.17, 15) is 4.39 Å². The average Bonchev–Trinajstić information content (AvgIpc) is 2.63. The minimum Gasteiger partial charge on any atom is -0.207 e. The van der Waals surface area contributed by atoms with Crippen molar-refractivity contribution in [1.29, 1.82) is 0 Å². The zero-order valence-corrected chi connectivity index (χ0v) is 12.6. The Hall–Kier alpha value is 0.1000. The number of alkyl halides is 1. The first kappa shape index (κ1) is 12.6. The molecule has 5 heteroatoms. The maximum absolute atomic E-state index is 13.7. The summed E-state index contributed by atoms with van der Waals surface area (Å²) in [5, 5.41) is 1.47. The van der Waals surface area contributed by atoms with Crippen LogP contribution in [0, 0.1) is 5.82 Å². The Morgan fingerprint density at radius 2 is 2.00 bits per heavy atom. The lowest BCUT2D eigenvalue weighted by atomic mass is 10.1. The first-order valence-corrected chi connectivity index (χ1v) is 7.31. The summed E-state index contributed by atoms with van der Waals surface area (Å²) in [5.74, 6) is -0.297. The van der Waals surface area contributed by atoms with Crippen LogP contribution >= 0.6 is 54.8 Å². The van der Waals surface area contributed by atoms with Crippen LogP contribution in [0.2, 0.25) is 0 Å². The number of halogens is 4. The molecule has 0 N–H and O–H groups in total. The molecule has 1 aromatic carbocycles. The molecule has 1 aromatic heterocycles. The number of benzene rings is 1. The van der Waals surface area contributed by atoms with Gasteiger partial charge < -0.3 is 0 Å². The van der Waals surface area contributed by atoms with Gasteiger partial charge in [0.15, 0.2) is 0 Å². The highest BCUT2D eigenvalue weighted by Gasteiger charge is 2.18. The Morgan fingerprint density at radius 1 is 1.25 bits per heavy atom. The second-order valence-corrected chi connectivity index (χ2v) is 6.32. The molecule has 0 aliphatic heterocycles. The SMILES string of the molecule is Fc1cc(Br)ccc1C(Cl)c1sccc1Br. The van der Waals surface area contributed by atoms with Crippen LogP contribution in [-0.4, -0.2) is 0 Å². The quantitative estimate of drug-likeness (QED) is 0.579. The van der Waals surface area contributed by atoms with Crippen molar-refractivity contribution in [3.8, 4) is 0 Å². The molecule has 0 bridgehead atoms. The van der Waals surface area contributed by atoms with Crippen LogP contribution in [0.3, 0.4) is 0 Å². The molecular weight excluding hydrogens is 378 g/mol. The minimum absolute atomic E-state index is 0.297. The van der Waals surface area contributed by atoms with Crippen LogP contribution in [0.4, 0.5) is 4.39 Å². The zero-order chi connectivity index (χ0) is 11.7. The molecule has 0 spiro atoms. The van der Waals surface area contributed by atoms with Gasteiger partial charge in [0.05, 0.1) is 5.38 Å². The molecule has 0 amide bonds. The summed E-state index contributed by atoms with van der Waals surface area (Å²) in [6, 6.07) is 6.82. The Kier molecular flexibility index (Phi) is 4.06. The molecule has 1 atom stereocenters. The predicted octanol–water partition coefficient (Wildman–Crippen LogP) is 5.74. The molecular formula is C11H6Br2ClFS. The second-order valence-electron chi connectivity index (χ2n) is 3.16. The van der Waals surface area contributed by atoms with Crippen LogP contribution < -0.4 is 0 Å². The Balaban J connectivity index is 2.41. The molecule has 1 unspecified atom stereocenters. The van der Waals surface area contributed by atoms with Gasteiger partial charge >= 0.3 is 0 Å². The fourth-order valence-corrected chi connectivity index (χ4v) is 3.84. The third kappa shape index (κ3) is 2.50. The van der Waals surface area contributed by atoms with Gasteiger partial charge in [0.2, 0.25) is 0 Å². The van der Waals surface area contributed by atoms with E-state index < -0.39 is 5.38 Å². The van der Waals surface area contributed by atoms with Crippen LogP contribution in [0.25, 0.3) is 0 Å². The molecule has 0 aliphatic rings. The lowest BCUT2D eigenvalue weighted by molar-refractivity contribution is 0.612. The zero-order valence-electron chi connectivity index (χ0n) is 7.88. The van der Waals surface area contributed by atoms with Gasteiger partial charge in [-0.15, -0.1) is 22.9 Å². The van der Waals surface area contributed by atoms with Crippen LogP contribution in [0.5, 0.6) is 0 Å². The van der Waals surface area contributed by atoms with Crippen LogP contribution in [0.15, 0.2) is 38.6 Å². The first-order valence-electron chi connectivity index (χ1n) is 4.41. The highest BCUT2D eigenvalue weighted by molar-refractivity contribution is 9.10. The summed E-state index contributed by atoms with van der Waals surface area (Å²) in [4.78, 5) is 0.919. The highest BCUT2D eigenvalue weighted by Crippen LogP contribution is 2.38.